The maximum Gasteiger partial charge on any atom is 0.253 e. The topological polar surface area (TPSA) is 99.2 Å². The maximum atomic E-state index is 12.2. The highest BCUT2D eigenvalue weighted by Gasteiger charge is 2.12. The number of aliphatic hydroxyl groups is 1. The summed E-state index contributed by atoms with van der Waals surface area (Å²) in [5.74, 6) is -0.133. The highest BCUT2D eigenvalue weighted by molar-refractivity contribution is 6.01. The van der Waals surface area contributed by atoms with Crippen LogP contribution in [0.1, 0.15) is 35.2 Å². The number of hydrogen-bond donors (Lipinski definition) is 3. The van der Waals surface area contributed by atoms with E-state index < -0.39 is 0 Å². The Labute approximate surface area is 118 Å². The molecule has 0 saturated heterocycles. The third kappa shape index (κ3) is 4.55. The average molecular weight is 279 g/mol. The van der Waals surface area contributed by atoms with Crippen molar-refractivity contribution in [1.82, 2.24) is 4.90 Å². The monoisotopic (exact) mass is 279 g/mol. The molecule has 0 spiro atoms. The number of hydrogen-bond acceptors (Lipinski definition) is 4. The molecule has 0 aliphatic carbocycles. The quantitative estimate of drug-likeness (QED) is 0.228. The lowest BCUT2D eigenvalue weighted by Crippen LogP contribution is -2.28. The average Bonchev–Trinajstić information content (AvgIpc) is 2.49. The van der Waals surface area contributed by atoms with Crippen molar-refractivity contribution >= 4 is 11.7 Å². The Kier molecular flexibility index (Phi) is 6.52. The Hall–Kier alpha value is -2.08. The van der Waals surface area contributed by atoms with Crippen LogP contribution < -0.4 is 5.73 Å². The lowest BCUT2D eigenvalue weighted by Gasteiger charge is -2.17. The predicted molar refractivity (Wildman–Crippen MR) is 76.9 cm³/mol. The standard InChI is InChI=1S/C14H21N3O3/c1-17(8-3-2-4-9-18)14(19)12-7-5-6-11(10-12)13(15)16-20/h5-7,10,18,20H,2-4,8-9H2,1H3,(H2,15,16). The fourth-order valence-electron chi connectivity index (χ4n) is 1.83. The molecule has 6 nitrogen and oxygen atoms in total. The Bertz CT molecular complexity index is 474. The third-order valence-electron chi connectivity index (χ3n) is 3.01. The van der Waals surface area contributed by atoms with Crippen molar-refractivity contribution in [2.75, 3.05) is 20.2 Å². The van der Waals surface area contributed by atoms with Gasteiger partial charge in [-0.2, -0.15) is 0 Å². The molecule has 0 bridgehead atoms. The SMILES string of the molecule is CN(CCCCCO)C(=O)c1cccc(/C(N)=N/O)c1. The van der Waals surface area contributed by atoms with Gasteiger partial charge in [0, 0.05) is 31.3 Å². The van der Waals surface area contributed by atoms with Gasteiger partial charge in [0.25, 0.3) is 5.91 Å². The summed E-state index contributed by atoms with van der Waals surface area (Å²) in [4.78, 5) is 13.8. The number of carbonyl (C=O) groups is 1. The Balaban J connectivity index is 2.67. The predicted octanol–water partition coefficient (Wildman–Crippen LogP) is 1.02. The van der Waals surface area contributed by atoms with Gasteiger partial charge in [-0.1, -0.05) is 17.3 Å². The van der Waals surface area contributed by atoms with Crippen LogP contribution in [-0.4, -0.2) is 47.2 Å². The molecule has 0 saturated carbocycles. The minimum atomic E-state index is -0.110. The largest absolute Gasteiger partial charge is 0.409 e. The second-order valence-electron chi connectivity index (χ2n) is 4.58. The van der Waals surface area contributed by atoms with Crippen LogP contribution in [0.5, 0.6) is 0 Å². The minimum Gasteiger partial charge on any atom is -0.409 e. The van der Waals surface area contributed by atoms with Gasteiger partial charge in [0.1, 0.15) is 0 Å². The molecule has 20 heavy (non-hydrogen) atoms. The highest BCUT2D eigenvalue weighted by Crippen LogP contribution is 2.09. The van der Waals surface area contributed by atoms with Crippen molar-refractivity contribution in [3.05, 3.63) is 35.4 Å². The van der Waals surface area contributed by atoms with Crippen molar-refractivity contribution < 1.29 is 15.1 Å². The summed E-state index contributed by atoms with van der Waals surface area (Å²) in [6, 6.07) is 6.66. The van der Waals surface area contributed by atoms with Gasteiger partial charge in [-0.3, -0.25) is 4.79 Å². The second-order valence-corrected chi connectivity index (χ2v) is 4.58. The minimum absolute atomic E-state index is 0.0229. The van der Waals surface area contributed by atoms with E-state index in [-0.39, 0.29) is 18.3 Å². The first kappa shape index (κ1) is 16.0. The molecule has 0 unspecified atom stereocenters. The van der Waals surface area contributed by atoms with Gasteiger partial charge in [0.2, 0.25) is 0 Å². The Morgan fingerprint density at radius 3 is 2.65 bits per heavy atom. The van der Waals surface area contributed by atoms with Gasteiger partial charge in [-0.15, -0.1) is 0 Å². The van der Waals surface area contributed by atoms with Gasteiger partial charge >= 0.3 is 0 Å². The van der Waals surface area contributed by atoms with E-state index in [9.17, 15) is 4.79 Å². The van der Waals surface area contributed by atoms with Crippen molar-refractivity contribution in [3.8, 4) is 0 Å². The fourth-order valence-corrected chi connectivity index (χ4v) is 1.83. The lowest BCUT2D eigenvalue weighted by molar-refractivity contribution is 0.0792. The highest BCUT2D eigenvalue weighted by atomic mass is 16.4. The lowest BCUT2D eigenvalue weighted by atomic mass is 10.1. The molecule has 0 radical (unpaired) electrons. The number of carbonyl (C=O) groups excluding carboxylic acids is 1. The first-order valence-corrected chi connectivity index (χ1v) is 6.54. The zero-order valence-corrected chi connectivity index (χ0v) is 11.6. The summed E-state index contributed by atoms with van der Waals surface area (Å²) in [6.07, 6.45) is 2.49. The first-order valence-electron chi connectivity index (χ1n) is 6.54. The van der Waals surface area contributed by atoms with Crippen LogP contribution in [-0.2, 0) is 0 Å². The maximum absolute atomic E-state index is 12.2. The van der Waals surface area contributed by atoms with Crippen LogP contribution in [0.25, 0.3) is 0 Å². The molecule has 110 valence electrons. The molecule has 0 atom stereocenters. The number of amides is 1. The molecule has 1 rings (SSSR count). The molecule has 0 aliphatic heterocycles. The fraction of sp³-hybridized carbons (Fsp3) is 0.429. The van der Waals surface area contributed by atoms with Crippen LogP contribution in [0.4, 0.5) is 0 Å². The molecular weight excluding hydrogens is 258 g/mol. The smallest absolute Gasteiger partial charge is 0.253 e. The molecule has 0 heterocycles. The summed E-state index contributed by atoms with van der Waals surface area (Å²) in [6.45, 7) is 0.812. The summed E-state index contributed by atoms with van der Waals surface area (Å²) in [5.41, 5.74) is 6.51. The number of nitrogens with zero attached hydrogens (tertiary/aromatic N) is 2. The van der Waals surface area contributed by atoms with E-state index in [4.69, 9.17) is 16.0 Å². The molecule has 6 heteroatoms. The molecule has 0 fully saturated rings. The molecule has 1 amide bonds. The van der Waals surface area contributed by atoms with Gasteiger partial charge in [-0.25, -0.2) is 0 Å². The van der Waals surface area contributed by atoms with E-state index in [1.54, 1.807) is 36.2 Å². The number of aliphatic hydroxyl groups excluding tert-OH is 1. The molecule has 1 aromatic rings. The van der Waals surface area contributed by atoms with Crippen LogP contribution >= 0.6 is 0 Å². The summed E-state index contributed by atoms with van der Waals surface area (Å²) in [7, 11) is 1.73. The summed E-state index contributed by atoms with van der Waals surface area (Å²) in [5, 5.41) is 20.3. The van der Waals surface area contributed by atoms with Crippen molar-refractivity contribution in [2.45, 2.75) is 19.3 Å². The third-order valence-corrected chi connectivity index (χ3v) is 3.01. The summed E-state index contributed by atoms with van der Waals surface area (Å²) >= 11 is 0. The normalized spacial score (nSPS) is 11.4. The van der Waals surface area contributed by atoms with E-state index in [1.165, 1.54) is 0 Å². The number of benzene rings is 1. The van der Waals surface area contributed by atoms with E-state index in [0.29, 0.717) is 17.7 Å². The molecule has 1 aromatic carbocycles. The van der Waals surface area contributed by atoms with Gasteiger partial charge in [0.15, 0.2) is 5.84 Å². The van der Waals surface area contributed by atoms with E-state index in [1.807, 2.05) is 0 Å². The van der Waals surface area contributed by atoms with Crippen molar-refractivity contribution in [2.24, 2.45) is 10.9 Å². The van der Waals surface area contributed by atoms with Crippen LogP contribution in [0.2, 0.25) is 0 Å². The van der Waals surface area contributed by atoms with E-state index in [0.717, 1.165) is 19.3 Å². The van der Waals surface area contributed by atoms with E-state index >= 15 is 0 Å². The summed E-state index contributed by atoms with van der Waals surface area (Å²) < 4.78 is 0. The zero-order valence-electron chi connectivity index (χ0n) is 11.6. The van der Waals surface area contributed by atoms with Crippen LogP contribution in [0, 0.1) is 0 Å². The van der Waals surface area contributed by atoms with Gasteiger partial charge < -0.3 is 20.9 Å². The van der Waals surface area contributed by atoms with Crippen molar-refractivity contribution in [1.29, 1.82) is 0 Å². The number of unbranched alkanes of at least 4 members (excludes halogenated alkanes) is 2. The number of amidine groups is 1. The van der Waals surface area contributed by atoms with Crippen LogP contribution in [0.3, 0.4) is 0 Å². The Morgan fingerprint density at radius 2 is 2.00 bits per heavy atom. The zero-order chi connectivity index (χ0) is 15.0. The number of oxime groups is 1. The molecule has 0 aromatic heterocycles. The number of nitrogens with two attached hydrogens (primary N) is 1. The van der Waals surface area contributed by atoms with Gasteiger partial charge in [-0.05, 0) is 31.4 Å². The Morgan fingerprint density at radius 1 is 1.30 bits per heavy atom. The van der Waals surface area contributed by atoms with Crippen molar-refractivity contribution in [3.63, 3.8) is 0 Å². The second kappa shape index (κ2) is 8.16. The number of rotatable bonds is 7. The molecule has 0 aliphatic rings. The molecule has 4 N–H and O–H groups in total. The van der Waals surface area contributed by atoms with Crippen LogP contribution in [0.15, 0.2) is 29.4 Å². The first-order chi connectivity index (χ1) is 9.60. The molecular formula is C14H21N3O3. The van der Waals surface area contributed by atoms with Gasteiger partial charge in [0.05, 0.1) is 0 Å². The van der Waals surface area contributed by atoms with E-state index in [2.05, 4.69) is 5.16 Å².